The average Bonchev–Trinajstić information content (AvgIpc) is 0.840. The van der Waals surface area contributed by atoms with E-state index in [1.165, 1.54) is 212 Å². The Morgan fingerprint density at radius 2 is 0.717 bits per heavy atom. The molecule has 0 radical (unpaired) electrons. The van der Waals surface area contributed by atoms with E-state index < -0.39 is 124 Å². The van der Waals surface area contributed by atoms with Crippen LogP contribution in [0.15, 0.2) is 36.5 Å². The molecule has 0 saturated carbocycles. The molecule has 0 aromatic rings. The van der Waals surface area contributed by atoms with Gasteiger partial charge >= 0.3 is 0 Å². The molecule has 540 valence electrons. The molecule has 0 spiro atoms. The molecule has 0 bridgehead atoms. The van der Waals surface area contributed by atoms with E-state index in [-0.39, 0.29) is 18.9 Å². The Kier molecular flexibility index (Phi) is 50.3. The summed E-state index contributed by atoms with van der Waals surface area (Å²) in [4.78, 5) is 13.4. The maximum atomic E-state index is 13.4. The molecule has 3 aliphatic heterocycles. The van der Waals surface area contributed by atoms with Crippen molar-refractivity contribution in [2.45, 2.75) is 394 Å². The molecular formula is C73H135NO18. The first-order valence-corrected chi connectivity index (χ1v) is 37.2. The molecule has 3 fully saturated rings. The second-order valence-corrected chi connectivity index (χ2v) is 26.8. The van der Waals surface area contributed by atoms with Gasteiger partial charge < -0.3 is 89.9 Å². The summed E-state index contributed by atoms with van der Waals surface area (Å²) in [5.41, 5.74) is 0. The maximum Gasteiger partial charge on any atom is 0.220 e. The molecule has 3 aliphatic rings. The average molecular weight is 1310 g/mol. The highest BCUT2D eigenvalue weighted by molar-refractivity contribution is 5.76. The van der Waals surface area contributed by atoms with Crippen LogP contribution in [-0.4, -0.2) is 193 Å². The number of allylic oxidation sites excluding steroid dienone is 5. The van der Waals surface area contributed by atoms with E-state index in [1.807, 2.05) is 6.08 Å². The lowest BCUT2D eigenvalue weighted by Gasteiger charge is -2.48. The number of unbranched alkanes of at least 4 members (excludes halogenated alkanes) is 38. The van der Waals surface area contributed by atoms with Crippen LogP contribution >= 0.6 is 0 Å². The monoisotopic (exact) mass is 1310 g/mol. The van der Waals surface area contributed by atoms with Gasteiger partial charge in [0.25, 0.3) is 0 Å². The normalized spacial score (nSPS) is 27.9. The lowest BCUT2D eigenvalue weighted by atomic mass is 9.96. The topological polar surface area (TPSA) is 307 Å². The van der Waals surface area contributed by atoms with Gasteiger partial charge in [0.2, 0.25) is 5.91 Å². The second-order valence-electron chi connectivity index (χ2n) is 26.8. The largest absolute Gasteiger partial charge is 0.394 e. The Hall–Kier alpha value is -1.99. The van der Waals surface area contributed by atoms with Crippen molar-refractivity contribution in [3.8, 4) is 0 Å². The number of hydrogen-bond acceptors (Lipinski definition) is 18. The van der Waals surface area contributed by atoms with Crippen molar-refractivity contribution in [2.75, 3.05) is 26.4 Å². The Bertz CT molecular complexity index is 1810. The van der Waals surface area contributed by atoms with Gasteiger partial charge in [-0.05, 0) is 51.4 Å². The van der Waals surface area contributed by atoms with Crippen molar-refractivity contribution in [3.05, 3.63) is 36.5 Å². The van der Waals surface area contributed by atoms with E-state index in [0.29, 0.717) is 6.42 Å². The fourth-order valence-electron chi connectivity index (χ4n) is 12.6. The number of aliphatic hydroxyl groups is 11. The zero-order valence-electron chi connectivity index (χ0n) is 57.3. The summed E-state index contributed by atoms with van der Waals surface area (Å²) >= 11 is 0. The molecule has 0 aromatic heterocycles. The Morgan fingerprint density at radius 1 is 0.391 bits per heavy atom. The summed E-state index contributed by atoms with van der Waals surface area (Å²) in [5, 5.41) is 121. The fourth-order valence-corrected chi connectivity index (χ4v) is 12.6. The molecule has 19 nitrogen and oxygen atoms in total. The van der Waals surface area contributed by atoms with Gasteiger partial charge in [0.05, 0.1) is 38.6 Å². The zero-order valence-corrected chi connectivity index (χ0v) is 57.3. The smallest absolute Gasteiger partial charge is 0.220 e. The first-order valence-electron chi connectivity index (χ1n) is 37.2. The van der Waals surface area contributed by atoms with Crippen molar-refractivity contribution in [3.63, 3.8) is 0 Å². The Balaban J connectivity index is 1.34. The van der Waals surface area contributed by atoms with Crippen LogP contribution in [0.25, 0.3) is 0 Å². The quantitative estimate of drug-likeness (QED) is 0.0199. The molecule has 3 rings (SSSR count). The Labute approximate surface area is 555 Å². The van der Waals surface area contributed by atoms with E-state index in [2.05, 4.69) is 43.5 Å². The van der Waals surface area contributed by atoms with Crippen molar-refractivity contribution in [1.29, 1.82) is 0 Å². The molecule has 17 unspecified atom stereocenters. The number of nitrogens with one attached hydrogen (secondary N) is 1. The van der Waals surface area contributed by atoms with Crippen LogP contribution in [0.4, 0.5) is 0 Å². The minimum absolute atomic E-state index is 0.247. The van der Waals surface area contributed by atoms with Gasteiger partial charge in [0.1, 0.15) is 73.2 Å². The van der Waals surface area contributed by atoms with Gasteiger partial charge in [-0.1, -0.05) is 269 Å². The van der Waals surface area contributed by atoms with Crippen molar-refractivity contribution in [1.82, 2.24) is 5.32 Å². The number of hydrogen-bond donors (Lipinski definition) is 12. The lowest BCUT2D eigenvalue weighted by Crippen LogP contribution is -2.66. The molecule has 3 heterocycles. The second kappa shape index (κ2) is 55.0. The van der Waals surface area contributed by atoms with Crippen LogP contribution in [0.3, 0.4) is 0 Å². The van der Waals surface area contributed by atoms with Gasteiger partial charge in [-0.25, -0.2) is 0 Å². The lowest BCUT2D eigenvalue weighted by molar-refractivity contribution is -0.379. The van der Waals surface area contributed by atoms with E-state index >= 15 is 0 Å². The van der Waals surface area contributed by atoms with Crippen LogP contribution in [0.1, 0.15) is 290 Å². The minimum atomic E-state index is -1.98. The van der Waals surface area contributed by atoms with Crippen LogP contribution in [0.2, 0.25) is 0 Å². The minimum Gasteiger partial charge on any atom is -0.394 e. The molecule has 3 saturated heterocycles. The van der Waals surface area contributed by atoms with E-state index in [1.54, 1.807) is 6.08 Å². The molecule has 17 atom stereocenters. The van der Waals surface area contributed by atoms with Crippen LogP contribution < -0.4 is 5.32 Å². The van der Waals surface area contributed by atoms with Crippen LogP contribution in [-0.2, 0) is 33.2 Å². The predicted octanol–water partition coefficient (Wildman–Crippen LogP) is 10.8. The first kappa shape index (κ1) is 84.2. The summed E-state index contributed by atoms with van der Waals surface area (Å²) in [5.74, 6) is -0.271. The number of carbonyl (C=O) groups excluding carboxylic acids is 1. The van der Waals surface area contributed by atoms with E-state index in [9.17, 15) is 61.0 Å². The number of amides is 1. The highest BCUT2D eigenvalue weighted by Gasteiger charge is 2.53. The predicted molar refractivity (Wildman–Crippen MR) is 360 cm³/mol. The third-order valence-electron chi connectivity index (χ3n) is 18.7. The molecule has 1 amide bonds. The number of ether oxygens (including phenoxy) is 6. The molecule has 92 heavy (non-hydrogen) atoms. The van der Waals surface area contributed by atoms with Gasteiger partial charge in [0.15, 0.2) is 18.9 Å². The molecule has 12 N–H and O–H groups in total. The zero-order chi connectivity index (χ0) is 66.8. The fraction of sp³-hybridized carbons (Fsp3) is 0.904. The van der Waals surface area contributed by atoms with Crippen molar-refractivity contribution < 1.29 is 89.4 Å². The van der Waals surface area contributed by atoms with Crippen LogP contribution in [0.5, 0.6) is 0 Å². The van der Waals surface area contributed by atoms with Crippen molar-refractivity contribution >= 4 is 5.91 Å². The Morgan fingerprint density at radius 3 is 1.11 bits per heavy atom. The van der Waals surface area contributed by atoms with E-state index in [4.69, 9.17) is 28.4 Å². The number of carbonyl (C=O) groups is 1. The van der Waals surface area contributed by atoms with Gasteiger partial charge in [-0.3, -0.25) is 4.79 Å². The summed E-state index contributed by atoms with van der Waals surface area (Å²) in [7, 11) is 0. The summed E-state index contributed by atoms with van der Waals surface area (Å²) in [6.07, 6.45) is 38.6. The maximum absolute atomic E-state index is 13.4. The number of rotatable bonds is 58. The van der Waals surface area contributed by atoms with Gasteiger partial charge in [-0.15, -0.1) is 0 Å². The highest BCUT2D eigenvalue weighted by atomic mass is 16.8. The summed E-state index contributed by atoms with van der Waals surface area (Å²) < 4.78 is 34.4. The standard InChI is InChI=1S/C73H135NO18/c1-3-5-7-9-11-13-15-17-19-20-21-22-23-24-25-26-27-28-29-30-31-32-33-34-35-36-37-39-41-43-45-47-49-51-61(79)74-56(57(78)50-48-46-44-42-40-38-18-16-14-12-10-8-6-4-2)55-87-71-67(85)64(82)69(59(53-76)89-71)92-73-68(86)65(83)70(60(54-77)90-73)91-72-66(84)63(81)62(80)58(52-75)88-72/h15,17,20-21,48,50,56-60,62-73,75-78,80-86H,3-14,16,18-19,22-47,49,51-55H2,1-2H3,(H,74,79)/b17-15-,21-20-,50-48+. The third-order valence-corrected chi connectivity index (χ3v) is 18.7. The van der Waals surface area contributed by atoms with Crippen molar-refractivity contribution in [2.24, 2.45) is 0 Å². The summed E-state index contributed by atoms with van der Waals surface area (Å²) in [6.45, 7) is 1.74. The van der Waals surface area contributed by atoms with Gasteiger partial charge in [-0.2, -0.15) is 0 Å². The SMILES string of the molecule is CCCCCCC/C=C\C/C=C\CCCCCCCCCCCCCCCCCCCCCCCC(=O)NC(COC1OC(CO)C(OC2OC(CO)C(OC3OC(CO)C(O)C(O)C3O)C(O)C2O)C(O)C1O)C(O)/C=C/CCCCCCCCCCCCCC. The first-order chi connectivity index (χ1) is 44.8. The van der Waals surface area contributed by atoms with Gasteiger partial charge in [0, 0.05) is 6.42 Å². The summed E-state index contributed by atoms with van der Waals surface area (Å²) in [6, 6.07) is -0.971. The molecular weight excluding hydrogens is 1180 g/mol. The molecule has 0 aromatic carbocycles. The molecule has 19 heteroatoms. The third kappa shape index (κ3) is 36.0. The highest BCUT2D eigenvalue weighted by Crippen LogP contribution is 2.33. The molecule has 0 aliphatic carbocycles. The van der Waals surface area contributed by atoms with Crippen LogP contribution in [0, 0.1) is 0 Å². The number of aliphatic hydroxyl groups excluding tert-OH is 11. The van der Waals surface area contributed by atoms with E-state index in [0.717, 1.165) is 51.4 Å².